The minimum atomic E-state index is -0.497. The average Bonchev–Trinajstić information content (AvgIpc) is 2.74. The lowest BCUT2D eigenvalue weighted by Crippen LogP contribution is -2.35. The summed E-state index contributed by atoms with van der Waals surface area (Å²) >= 11 is 3.36. The predicted octanol–water partition coefficient (Wildman–Crippen LogP) is 3.64. The zero-order valence-electron chi connectivity index (χ0n) is 12.1. The van der Waals surface area contributed by atoms with E-state index >= 15 is 0 Å². The van der Waals surface area contributed by atoms with E-state index in [4.69, 9.17) is 5.26 Å². The largest absolute Gasteiger partial charge is 0.307 e. The second kappa shape index (κ2) is 5.10. The van der Waals surface area contributed by atoms with E-state index in [0.29, 0.717) is 21.7 Å². The van der Waals surface area contributed by atoms with Gasteiger partial charge in [0, 0.05) is 5.56 Å². The molecule has 0 saturated heterocycles. The Morgan fingerprint density at radius 2 is 2.05 bits per heavy atom. The fourth-order valence-corrected chi connectivity index (χ4v) is 3.20. The zero-order chi connectivity index (χ0) is 15.9. The molecule has 2 aromatic rings. The lowest BCUT2D eigenvalue weighted by molar-refractivity contribution is 0.549. The molecule has 1 aromatic heterocycles. The lowest BCUT2D eigenvalue weighted by Gasteiger charge is -2.33. The molecule has 0 atom stereocenters. The number of carbonyl (C=O) groups excluding carboxylic acids is 1. The van der Waals surface area contributed by atoms with Gasteiger partial charge < -0.3 is 4.90 Å². The van der Waals surface area contributed by atoms with Crippen LogP contribution in [-0.4, -0.2) is 10.9 Å². The van der Waals surface area contributed by atoms with Crippen LogP contribution in [0, 0.1) is 11.3 Å². The minimum Gasteiger partial charge on any atom is -0.307 e. The molecule has 3 rings (SSSR count). The number of anilines is 1. The molecule has 5 heteroatoms. The van der Waals surface area contributed by atoms with Gasteiger partial charge in [-0.05, 0) is 59.6 Å². The molecule has 0 fully saturated rings. The lowest BCUT2D eigenvalue weighted by atomic mass is 9.92. The van der Waals surface area contributed by atoms with Gasteiger partial charge in [0.2, 0.25) is 0 Å². The van der Waals surface area contributed by atoms with Crippen LogP contribution >= 0.6 is 15.9 Å². The van der Waals surface area contributed by atoms with Crippen LogP contribution in [0.2, 0.25) is 0 Å². The number of hydrogen-bond donors (Lipinski definition) is 0. The van der Waals surface area contributed by atoms with Gasteiger partial charge in [-0.3, -0.25) is 0 Å². The molecule has 0 unspecified atom stereocenters. The number of benzene rings is 1. The maximum absolute atomic E-state index is 11.6. The first-order chi connectivity index (χ1) is 10.5. The van der Waals surface area contributed by atoms with Gasteiger partial charge in [-0.15, -0.1) is 0 Å². The summed E-state index contributed by atoms with van der Waals surface area (Å²) in [5, 5.41) is 9.12. The van der Waals surface area contributed by atoms with Gasteiger partial charge in [0.15, 0.2) is 5.94 Å². The molecule has 22 heavy (non-hydrogen) atoms. The van der Waals surface area contributed by atoms with E-state index in [1.807, 2.05) is 49.0 Å². The third-order valence-corrected chi connectivity index (χ3v) is 4.31. The average molecular weight is 354 g/mol. The van der Waals surface area contributed by atoms with Gasteiger partial charge in [0.25, 0.3) is 0 Å². The van der Waals surface area contributed by atoms with Crippen molar-refractivity contribution in [2.75, 3.05) is 4.90 Å². The molecule has 4 nitrogen and oxygen atoms in total. The molecule has 0 saturated carbocycles. The molecule has 0 radical (unpaired) electrons. The Morgan fingerprint density at radius 3 is 2.68 bits per heavy atom. The zero-order valence-corrected chi connectivity index (χ0v) is 13.7. The summed E-state index contributed by atoms with van der Waals surface area (Å²) in [5.74, 6) is 2.70. The third kappa shape index (κ3) is 2.05. The van der Waals surface area contributed by atoms with Crippen molar-refractivity contribution in [2.45, 2.75) is 19.4 Å². The molecule has 0 bridgehead atoms. The van der Waals surface area contributed by atoms with E-state index in [1.54, 1.807) is 12.1 Å². The normalized spacial score (nSPS) is 15.2. The Morgan fingerprint density at radius 1 is 1.27 bits per heavy atom. The van der Waals surface area contributed by atoms with Crippen LogP contribution in [0.3, 0.4) is 0 Å². The quantitative estimate of drug-likeness (QED) is 0.580. The highest BCUT2D eigenvalue weighted by Gasteiger charge is 2.42. The van der Waals surface area contributed by atoms with Gasteiger partial charge in [0.05, 0.1) is 17.2 Å². The molecule has 0 N–H and O–H groups in total. The molecule has 108 valence electrons. The molecule has 0 amide bonds. The number of halogens is 1. The van der Waals surface area contributed by atoms with E-state index in [0.717, 1.165) is 11.1 Å². The van der Waals surface area contributed by atoms with Gasteiger partial charge >= 0.3 is 0 Å². The Bertz CT molecular complexity index is 860. The molecule has 1 aliphatic rings. The fourth-order valence-electron chi connectivity index (χ4n) is 2.87. The highest BCUT2D eigenvalue weighted by molar-refractivity contribution is 9.10. The summed E-state index contributed by atoms with van der Waals surface area (Å²) in [5.41, 5.74) is 2.23. The van der Waals surface area contributed by atoms with Crippen molar-refractivity contribution in [2.24, 2.45) is 0 Å². The van der Waals surface area contributed by atoms with Crippen LogP contribution in [0.5, 0.6) is 0 Å². The van der Waals surface area contributed by atoms with E-state index in [9.17, 15) is 4.79 Å². The highest BCUT2D eigenvalue weighted by Crippen LogP contribution is 2.46. The van der Waals surface area contributed by atoms with Crippen LogP contribution in [-0.2, 0) is 10.3 Å². The number of hydrogen-bond acceptors (Lipinski definition) is 4. The van der Waals surface area contributed by atoms with E-state index < -0.39 is 5.54 Å². The predicted molar refractivity (Wildman–Crippen MR) is 87.7 cm³/mol. The first-order valence-corrected chi connectivity index (χ1v) is 7.51. The number of rotatable bonds is 1. The molecule has 0 spiro atoms. The number of fused-ring (bicyclic) bond motifs is 1. The van der Waals surface area contributed by atoms with Crippen LogP contribution in [0.15, 0.2) is 41.0 Å². The molecular weight excluding hydrogens is 342 g/mol. The minimum absolute atomic E-state index is 0.440. The first-order valence-electron chi connectivity index (χ1n) is 6.72. The van der Waals surface area contributed by atoms with Crippen LogP contribution in [0.4, 0.5) is 5.82 Å². The smallest absolute Gasteiger partial charge is 0.151 e. The molecule has 2 heterocycles. The van der Waals surface area contributed by atoms with Crippen LogP contribution in [0.25, 0.3) is 5.70 Å². The molecule has 1 aliphatic heterocycles. The number of nitrogens with zero attached hydrogens (tertiary/aromatic N) is 3. The Hall–Kier alpha value is -2.41. The summed E-state index contributed by atoms with van der Waals surface area (Å²) in [6.45, 7) is 4.00. The van der Waals surface area contributed by atoms with Gasteiger partial charge in [-0.1, -0.05) is 12.1 Å². The first kappa shape index (κ1) is 14.5. The maximum Gasteiger partial charge on any atom is 0.151 e. The van der Waals surface area contributed by atoms with Crippen molar-refractivity contribution in [3.05, 3.63) is 57.7 Å². The Labute approximate surface area is 136 Å². The van der Waals surface area contributed by atoms with Crippen LogP contribution < -0.4 is 4.90 Å². The van der Waals surface area contributed by atoms with Crippen LogP contribution in [0.1, 0.15) is 30.5 Å². The number of nitriles is 1. The fraction of sp³-hybridized carbons (Fsp3) is 0.176. The number of pyridine rings is 1. The summed E-state index contributed by atoms with van der Waals surface area (Å²) in [6.07, 6.45) is 0. The van der Waals surface area contributed by atoms with Crippen molar-refractivity contribution >= 4 is 33.4 Å². The topological polar surface area (TPSA) is 57.0 Å². The summed E-state index contributed by atoms with van der Waals surface area (Å²) < 4.78 is 0.694. The van der Waals surface area contributed by atoms with E-state index in [2.05, 4.69) is 27.0 Å². The van der Waals surface area contributed by atoms with Crippen molar-refractivity contribution in [1.82, 2.24) is 4.98 Å². The Kier molecular flexibility index (Phi) is 3.37. The summed E-state index contributed by atoms with van der Waals surface area (Å²) in [6, 6.07) is 13.0. The van der Waals surface area contributed by atoms with Crippen molar-refractivity contribution in [3.8, 4) is 6.07 Å². The van der Waals surface area contributed by atoms with E-state index in [-0.39, 0.29) is 0 Å². The molecule has 0 aliphatic carbocycles. The van der Waals surface area contributed by atoms with Crippen molar-refractivity contribution in [3.63, 3.8) is 0 Å². The van der Waals surface area contributed by atoms with Gasteiger partial charge in [0.1, 0.15) is 16.1 Å². The second-order valence-electron chi connectivity index (χ2n) is 5.54. The van der Waals surface area contributed by atoms with Crippen molar-refractivity contribution in [1.29, 1.82) is 5.26 Å². The maximum atomic E-state index is 11.6. The standard InChI is InChI=1S/C17H12BrN3O/c1-17(2)13-8-11(9-19)6-7-12(13)14(10-22)21(17)16-5-3-4-15(18)20-16/h3-8H,1-2H3. The SMILES string of the molecule is CC1(C)c2cc(C#N)ccc2C(=C=O)N1c1cccc(Br)n1. The van der Waals surface area contributed by atoms with Gasteiger partial charge in [-0.25, -0.2) is 9.78 Å². The van der Waals surface area contributed by atoms with E-state index in [1.165, 1.54) is 0 Å². The van der Waals surface area contributed by atoms with Gasteiger partial charge in [-0.2, -0.15) is 5.26 Å². The second-order valence-corrected chi connectivity index (χ2v) is 6.35. The van der Waals surface area contributed by atoms with Crippen molar-refractivity contribution < 1.29 is 4.79 Å². The molecule has 1 aromatic carbocycles. The molecular formula is C17H12BrN3O. The third-order valence-electron chi connectivity index (χ3n) is 3.87. The monoisotopic (exact) mass is 353 g/mol. The Balaban J connectivity index is 2.26. The summed E-state index contributed by atoms with van der Waals surface area (Å²) in [7, 11) is 0. The summed E-state index contributed by atoms with van der Waals surface area (Å²) in [4.78, 5) is 17.9. The highest BCUT2D eigenvalue weighted by atomic mass is 79.9. The number of aromatic nitrogens is 1.